The number of halogens is 1. The minimum atomic E-state index is 0.0781. The molecule has 0 aromatic carbocycles. The second-order valence-electron chi connectivity index (χ2n) is 4.97. The van der Waals surface area contributed by atoms with Gasteiger partial charge in [-0.15, -0.1) is 0 Å². The highest BCUT2D eigenvalue weighted by Crippen LogP contribution is 2.22. The van der Waals surface area contributed by atoms with Crippen LogP contribution in [0.25, 0.3) is 0 Å². The lowest BCUT2D eigenvalue weighted by Crippen LogP contribution is -2.24. The smallest absolute Gasteiger partial charge is 0.223 e. The first kappa shape index (κ1) is 15.7. The minimum absolute atomic E-state index is 0.0781. The molecule has 106 valence electrons. The lowest BCUT2D eigenvalue weighted by molar-refractivity contribution is -0.128. The van der Waals surface area contributed by atoms with Crippen molar-refractivity contribution in [2.75, 3.05) is 26.0 Å². The van der Waals surface area contributed by atoms with Gasteiger partial charge in [0.05, 0.1) is 0 Å². The first-order valence-corrected chi connectivity index (χ1v) is 6.68. The van der Waals surface area contributed by atoms with Crippen LogP contribution in [0.15, 0.2) is 0 Å². The lowest BCUT2D eigenvalue weighted by atomic mass is 10.2. The number of hydrogen-bond acceptors (Lipinski definition) is 4. The first-order valence-electron chi connectivity index (χ1n) is 6.31. The summed E-state index contributed by atoms with van der Waals surface area (Å²) in [4.78, 5) is 21.7. The van der Waals surface area contributed by atoms with Gasteiger partial charge in [0.2, 0.25) is 5.91 Å². The number of carbonyl (C=O) groups excluding carboxylic acids is 1. The molecule has 1 rings (SSSR count). The second kappa shape index (κ2) is 6.70. The molecule has 0 saturated heterocycles. The van der Waals surface area contributed by atoms with E-state index >= 15 is 0 Å². The summed E-state index contributed by atoms with van der Waals surface area (Å²) in [5, 5.41) is 3.61. The van der Waals surface area contributed by atoms with E-state index in [2.05, 4.69) is 15.3 Å². The van der Waals surface area contributed by atoms with Crippen LogP contribution in [0.1, 0.15) is 37.6 Å². The van der Waals surface area contributed by atoms with Crippen LogP contribution in [0.2, 0.25) is 5.15 Å². The number of amides is 1. The van der Waals surface area contributed by atoms with Crippen molar-refractivity contribution in [1.29, 1.82) is 0 Å². The van der Waals surface area contributed by atoms with Crippen molar-refractivity contribution in [3.63, 3.8) is 0 Å². The van der Waals surface area contributed by atoms with Crippen LogP contribution < -0.4 is 5.32 Å². The zero-order valence-electron chi connectivity index (χ0n) is 12.1. The van der Waals surface area contributed by atoms with E-state index in [1.54, 1.807) is 19.0 Å². The number of anilines is 1. The molecule has 6 heteroatoms. The molecule has 1 aromatic rings. The normalized spacial score (nSPS) is 10.7. The van der Waals surface area contributed by atoms with E-state index in [0.717, 1.165) is 5.56 Å². The summed E-state index contributed by atoms with van der Waals surface area (Å²) in [6, 6.07) is 0. The SMILES string of the molecule is Cc1c(Cl)nc(C(C)C)nc1NCCC(=O)N(C)C. The quantitative estimate of drug-likeness (QED) is 0.844. The second-order valence-corrected chi connectivity index (χ2v) is 5.32. The van der Waals surface area contributed by atoms with Crippen molar-refractivity contribution < 1.29 is 4.79 Å². The Hall–Kier alpha value is -1.36. The van der Waals surface area contributed by atoms with Crippen LogP contribution in [0.5, 0.6) is 0 Å². The molecule has 1 N–H and O–H groups in total. The number of nitrogens with one attached hydrogen (secondary N) is 1. The molecule has 0 unspecified atom stereocenters. The zero-order chi connectivity index (χ0) is 14.6. The van der Waals surface area contributed by atoms with Gasteiger partial charge in [-0.2, -0.15) is 0 Å². The summed E-state index contributed by atoms with van der Waals surface area (Å²) in [6.45, 7) is 6.42. The Kier molecular flexibility index (Phi) is 5.54. The number of rotatable bonds is 5. The average Bonchev–Trinajstić information content (AvgIpc) is 2.33. The number of carbonyl (C=O) groups is 1. The monoisotopic (exact) mass is 284 g/mol. The molecule has 0 aliphatic rings. The van der Waals surface area contributed by atoms with Gasteiger partial charge in [-0.3, -0.25) is 4.79 Å². The Morgan fingerprint density at radius 2 is 2.00 bits per heavy atom. The molecule has 0 spiro atoms. The Bertz CT molecular complexity index is 460. The van der Waals surface area contributed by atoms with E-state index in [9.17, 15) is 4.79 Å². The van der Waals surface area contributed by atoms with Crippen LogP contribution in [0.4, 0.5) is 5.82 Å². The number of hydrogen-bond donors (Lipinski definition) is 1. The van der Waals surface area contributed by atoms with E-state index in [0.29, 0.717) is 29.8 Å². The Morgan fingerprint density at radius 1 is 1.37 bits per heavy atom. The Labute approximate surface area is 119 Å². The summed E-state index contributed by atoms with van der Waals surface area (Å²) in [5.41, 5.74) is 0.809. The average molecular weight is 285 g/mol. The molecule has 5 nitrogen and oxygen atoms in total. The van der Waals surface area contributed by atoms with Gasteiger partial charge in [-0.1, -0.05) is 25.4 Å². The molecule has 19 heavy (non-hydrogen) atoms. The largest absolute Gasteiger partial charge is 0.369 e. The van der Waals surface area contributed by atoms with Gasteiger partial charge in [-0.05, 0) is 6.92 Å². The van der Waals surface area contributed by atoms with Crippen LogP contribution in [0.3, 0.4) is 0 Å². The molecule has 0 aliphatic carbocycles. The summed E-state index contributed by atoms with van der Waals surface area (Å²) in [6.07, 6.45) is 0.422. The Balaban J connectivity index is 2.75. The van der Waals surface area contributed by atoms with Gasteiger partial charge in [0.1, 0.15) is 16.8 Å². The maximum Gasteiger partial charge on any atom is 0.223 e. The van der Waals surface area contributed by atoms with Crippen molar-refractivity contribution in [3.8, 4) is 0 Å². The van der Waals surface area contributed by atoms with Crippen LogP contribution >= 0.6 is 11.6 Å². The third-order valence-corrected chi connectivity index (χ3v) is 3.12. The molecule has 0 radical (unpaired) electrons. The molecule has 0 aliphatic heterocycles. The maximum atomic E-state index is 11.5. The van der Waals surface area contributed by atoms with E-state index in [1.807, 2.05) is 20.8 Å². The molecule has 0 bridgehead atoms. The summed E-state index contributed by atoms with van der Waals surface area (Å²) in [7, 11) is 3.48. The van der Waals surface area contributed by atoms with Crippen molar-refractivity contribution in [2.45, 2.75) is 33.1 Å². The summed E-state index contributed by atoms with van der Waals surface area (Å²) < 4.78 is 0. The van der Waals surface area contributed by atoms with E-state index < -0.39 is 0 Å². The van der Waals surface area contributed by atoms with Crippen molar-refractivity contribution in [1.82, 2.24) is 14.9 Å². The van der Waals surface area contributed by atoms with Crippen LogP contribution in [-0.4, -0.2) is 41.4 Å². The van der Waals surface area contributed by atoms with Crippen molar-refractivity contribution in [2.24, 2.45) is 0 Å². The topological polar surface area (TPSA) is 58.1 Å². The van der Waals surface area contributed by atoms with Gasteiger partial charge >= 0.3 is 0 Å². The highest BCUT2D eigenvalue weighted by atomic mass is 35.5. The van der Waals surface area contributed by atoms with Crippen LogP contribution in [0, 0.1) is 6.92 Å². The molecule has 1 amide bonds. The molecule has 1 aromatic heterocycles. The minimum Gasteiger partial charge on any atom is -0.369 e. The van der Waals surface area contributed by atoms with Gasteiger partial charge in [0, 0.05) is 38.5 Å². The maximum absolute atomic E-state index is 11.5. The Morgan fingerprint density at radius 3 is 2.53 bits per heavy atom. The molecule has 0 fully saturated rings. The summed E-state index contributed by atoms with van der Waals surface area (Å²) >= 11 is 6.09. The van der Waals surface area contributed by atoms with Crippen molar-refractivity contribution >= 4 is 23.3 Å². The van der Waals surface area contributed by atoms with E-state index in [-0.39, 0.29) is 11.8 Å². The van der Waals surface area contributed by atoms with Crippen LogP contribution in [-0.2, 0) is 4.79 Å². The van der Waals surface area contributed by atoms with E-state index in [4.69, 9.17) is 11.6 Å². The van der Waals surface area contributed by atoms with Gasteiger partial charge in [0.25, 0.3) is 0 Å². The predicted octanol–water partition coefficient (Wildman–Crippen LogP) is 2.45. The number of nitrogens with zero attached hydrogens (tertiary/aromatic N) is 3. The molecule has 0 atom stereocenters. The fourth-order valence-electron chi connectivity index (χ4n) is 1.45. The third kappa shape index (κ3) is 4.35. The summed E-state index contributed by atoms with van der Waals surface area (Å²) in [5.74, 6) is 1.70. The molecular weight excluding hydrogens is 264 g/mol. The van der Waals surface area contributed by atoms with Crippen molar-refractivity contribution in [3.05, 3.63) is 16.5 Å². The predicted molar refractivity (Wildman–Crippen MR) is 77.7 cm³/mol. The fraction of sp³-hybridized carbons (Fsp3) is 0.615. The highest BCUT2D eigenvalue weighted by molar-refractivity contribution is 6.30. The third-order valence-electron chi connectivity index (χ3n) is 2.75. The lowest BCUT2D eigenvalue weighted by Gasteiger charge is -2.14. The van der Waals surface area contributed by atoms with Gasteiger partial charge < -0.3 is 10.2 Å². The molecule has 0 saturated carbocycles. The highest BCUT2D eigenvalue weighted by Gasteiger charge is 2.12. The van der Waals surface area contributed by atoms with Gasteiger partial charge in [0.15, 0.2) is 0 Å². The zero-order valence-corrected chi connectivity index (χ0v) is 12.9. The number of aromatic nitrogens is 2. The standard InChI is InChI=1S/C13H21ClN4O/c1-8(2)12-16-11(14)9(3)13(17-12)15-7-6-10(19)18(4)5/h8H,6-7H2,1-5H3,(H,15,16,17). The fourth-order valence-corrected chi connectivity index (χ4v) is 1.62. The van der Waals surface area contributed by atoms with Gasteiger partial charge in [-0.25, -0.2) is 9.97 Å². The molecular formula is C13H21ClN4O. The first-order chi connectivity index (χ1) is 8.82. The van der Waals surface area contributed by atoms with E-state index in [1.165, 1.54) is 0 Å². The molecule has 1 heterocycles.